The van der Waals surface area contributed by atoms with Crippen LogP contribution in [0.1, 0.15) is 22.8 Å². The summed E-state index contributed by atoms with van der Waals surface area (Å²) in [6.07, 6.45) is 6.88. The van der Waals surface area contributed by atoms with Crippen LogP contribution in [0.4, 0.5) is 0 Å². The summed E-state index contributed by atoms with van der Waals surface area (Å²) in [4.78, 5) is 15.6. The van der Waals surface area contributed by atoms with Gasteiger partial charge in [-0.15, -0.1) is 0 Å². The molecule has 0 radical (unpaired) electrons. The standard InChI is InChI=1S/C44H30N4O12S4.Pt/c49-61(50,51)29-9-1-25(2-10-29)41-33-17-19-35(45-33)42(26-3-11-30(12-4-26)62(52,53)54)37-21-23-39(47-37)44(28-7-15-32(16-8-28)64(58,59)60)40-24-22-38(48-40)43(36-20-18-34(41)46-36)27-5-13-31(14-6-27)63(55,56)57;/h1-24,45-46H,(H,49,50,51)(H,52,53,54)(H,55,56,57)(H,58,59,60);/q;+2. The average Bonchev–Trinajstić information content (AvgIpc) is 4.08. The van der Waals surface area contributed by atoms with Gasteiger partial charge in [-0.25, -0.2) is 9.97 Å². The van der Waals surface area contributed by atoms with Crippen molar-refractivity contribution >= 4 is 86.8 Å². The number of nitrogens with one attached hydrogen (secondary N) is 2. The maximum absolute atomic E-state index is 12.0. The Labute approximate surface area is 385 Å². The zero-order valence-corrected chi connectivity index (χ0v) is 38.3. The van der Waals surface area contributed by atoms with E-state index in [2.05, 4.69) is 9.97 Å². The average molecular weight is 1130 g/mol. The molecule has 2 aliphatic heterocycles. The summed E-state index contributed by atoms with van der Waals surface area (Å²) in [6.45, 7) is 0. The molecular weight excluding hydrogens is 1100 g/mol. The first-order chi connectivity index (χ1) is 30.2. The second-order valence-electron chi connectivity index (χ2n) is 14.5. The fourth-order valence-corrected chi connectivity index (χ4v) is 9.51. The van der Waals surface area contributed by atoms with E-state index in [4.69, 9.17) is 9.97 Å². The Bertz CT molecular complexity index is 3620. The van der Waals surface area contributed by atoms with Gasteiger partial charge in [0.25, 0.3) is 40.5 Å². The molecule has 0 fully saturated rings. The molecule has 0 saturated heterocycles. The van der Waals surface area contributed by atoms with Crippen LogP contribution in [-0.4, -0.2) is 71.8 Å². The zero-order valence-electron chi connectivity index (χ0n) is 32.8. The Morgan fingerprint density at radius 3 is 0.785 bits per heavy atom. The minimum absolute atomic E-state index is 0. The van der Waals surface area contributed by atoms with E-state index >= 15 is 0 Å². The zero-order chi connectivity index (χ0) is 45.3. The van der Waals surface area contributed by atoms with Crippen LogP contribution in [0.5, 0.6) is 0 Å². The largest absolute Gasteiger partial charge is 2.00 e. The van der Waals surface area contributed by atoms with E-state index in [1.165, 1.54) is 97.1 Å². The number of hydrogen-bond acceptors (Lipinski definition) is 10. The first-order valence-electron chi connectivity index (χ1n) is 18.7. The Morgan fingerprint density at radius 1 is 0.308 bits per heavy atom. The van der Waals surface area contributed by atoms with E-state index in [0.717, 1.165) is 0 Å². The van der Waals surface area contributed by atoms with Gasteiger partial charge in [0.2, 0.25) is 0 Å². The van der Waals surface area contributed by atoms with Crippen molar-refractivity contribution in [3.63, 3.8) is 0 Å². The number of nitrogens with zero attached hydrogens (tertiary/aromatic N) is 2. The molecule has 0 amide bonds. The van der Waals surface area contributed by atoms with Crippen molar-refractivity contribution in [2.45, 2.75) is 19.6 Å². The number of rotatable bonds is 8. The molecule has 4 aromatic carbocycles. The minimum atomic E-state index is -4.55. The van der Waals surface area contributed by atoms with Crippen LogP contribution in [-0.2, 0) is 61.5 Å². The predicted molar refractivity (Wildman–Crippen MR) is 240 cm³/mol. The van der Waals surface area contributed by atoms with Crippen LogP contribution in [0.15, 0.2) is 141 Å². The van der Waals surface area contributed by atoms with Crippen molar-refractivity contribution < 1.29 is 72.9 Å². The molecule has 330 valence electrons. The maximum Gasteiger partial charge on any atom is 2.00 e. The molecule has 3 aromatic heterocycles. The van der Waals surface area contributed by atoms with Crippen LogP contribution in [0, 0.1) is 0 Å². The van der Waals surface area contributed by atoms with E-state index in [0.29, 0.717) is 89.4 Å². The summed E-state index contributed by atoms with van der Waals surface area (Å²) >= 11 is 0. The van der Waals surface area contributed by atoms with Crippen molar-refractivity contribution in [2.75, 3.05) is 0 Å². The topological polar surface area (TPSA) is 275 Å². The Hall–Kier alpha value is -6.19. The third-order valence-corrected chi connectivity index (χ3v) is 14.0. The molecule has 9 rings (SSSR count). The van der Waals surface area contributed by atoms with Crippen molar-refractivity contribution in [3.05, 3.63) is 144 Å². The quantitative estimate of drug-likeness (QED) is 0.0781. The van der Waals surface area contributed by atoms with Crippen LogP contribution in [0.2, 0.25) is 0 Å². The number of aromatic amines is 2. The summed E-state index contributed by atoms with van der Waals surface area (Å²) in [6, 6.07) is 29.1. The van der Waals surface area contributed by atoms with Crippen LogP contribution < -0.4 is 0 Å². The molecule has 8 bridgehead atoms. The molecule has 5 heterocycles. The number of benzene rings is 4. The Balaban J connectivity index is 0.00000576. The van der Waals surface area contributed by atoms with Gasteiger partial charge in [0.15, 0.2) is 0 Å². The van der Waals surface area contributed by atoms with E-state index in [1.807, 2.05) is 0 Å². The fourth-order valence-electron chi connectivity index (χ4n) is 7.59. The minimum Gasteiger partial charge on any atom is -0.354 e. The van der Waals surface area contributed by atoms with Crippen molar-refractivity contribution in [2.24, 2.45) is 0 Å². The predicted octanol–water partition coefficient (Wildman–Crippen LogP) is 8.31. The summed E-state index contributed by atoms with van der Waals surface area (Å²) in [7, 11) is -18.2. The van der Waals surface area contributed by atoms with Gasteiger partial charge in [-0.05, 0) is 119 Å². The molecule has 0 atom stereocenters. The fraction of sp³-hybridized carbons (Fsp3) is 0. The molecule has 7 aromatic rings. The first kappa shape index (κ1) is 45.4. The van der Waals surface area contributed by atoms with Gasteiger partial charge in [-0.2, -0.15) is 33.7 Å². The van der Waals surface area contributed by atoms with Crippen LogP contribution in [0.25, 0.3) is 90.9 Å². The van der Waals surface area contributed by atoms with Gasteiger partial charge >= 0.3 is 21.1 Å². The second kappa shape index (κ2) is 16.7. The third kappa shape index (κ3) is 8.95. The van der Waals surface area contributed by atoms with Crippen molar-refractivity contribution in [1.82, 2.24) is 19.9 Å². The molecule has 0 saturated carbocycles. The number of fused-ring (bicyclic) bond motifs is 8. The van der Waals surface area contributed by atoms with Gasteiger partial charge in [-0.3, -0.25) is 18.2 Å². The van der Waals surface area contributed by atoms with Gasteiger partial charge in [0.1, 0.15) is 0 Å². The molecule has 0 unspecified atom stereocenters. The summed E-state index contributed by atoms with van der Waals surface area (Å²) in [5.74, 6) is 0. The molecule has 0 spiro atoms. The van der Waals surface area contributed by atoms with Gasteiger partial charge in [0.05, 0.1) is 42.4 Å². The third-order valence-electron chi connectivity index (χ3n) is 10.5. The van der Waals surface area contributed by atoms with E-state index < -0.39 is 40.5 Å². The molecule has 65 heavy (non-hydrogen) atoms. The molecule has 2 aliphatic rings. The van der Waals surface area contributed by atoms with E-state index in [1.54, 1.807) is 48.6 Å². The number of hydrogen-bond donors (Lipinski definition) is 6. The van der Waals surface area contributed by atoms with Gasteiger partial charge < -0.3 is 9.97 Å². The molecule has 6 N–H and O–H groups in total. The van der Waals surface area contributed by atoms with E-state index in [9.17, 15) is 51.9 Å². The maximum atomic E-state index is 12.0. The monoisotopic (exact) mass is 1130 g/mol. The second-order valence-corrected chi connectivity index (χ2v) is 20.2. The van der Waals surface area contributed by atoms with Crippen LogP contribution in [0.3, 0.4) is 0 Å². The molecule has 0 aliphatic carbocycles. The van der Waals surface area contributed by atoms with Crippen LogP contribution >= 0.6 is 0 Å². The van der Waals surface area contributed by atoms with E-state index in [-0.39, 0.29) is 40.6 Å². The smallest absolute Gasteiger partial charge is 0.354 e. The Kier molecular flexibility index (Phi) is 11.6. The van der Waals surface area contributed by atoms with Gasteiger partial charge in [0, 0.05) is 44.3 Å². The van der Waals surface area contributed by atoms with Crippen molar-refractivity contribution in [3.8, 4) is 44.5 Å². The van der Waals surface area contributed by atoms with Gasteiger partial charge in [-0.1, -0.05) is 48.5 Å². The summed E-state index contributed by atoms with van der Waals surface area (Å²) in [5.41, 5.74) is 7.41. The SMILES string of the molecule is O=S(=O)(O)c1ccc(-c2c3nc(c(-c4ccc(S(=O)(=O)O)cc4)c4ccc([nH]4)c(-c4ccc(S(=O)(=O)O)cc4)c4ccc([nH]4)c(-c4ccc(S(=O)(=O)O)cc4)c4nc2C=C4)C=C3)cc1.[Pt+2]. The number of H-pyrrole nitrogens is 2. The normalized spacial score (nSPS) is 12.9. The summed E-state index contributed by atoms with van der Waals surface area (Å²) in [5, 5.41) is 0. The molecule has 21 heteroatoms. The molecule has 16 nitrogen and oxygen atoms in total. The number of aromatic nitrogens is 4. The summed E-state index contributed by atoms with van der Waals surface area (Å²) < 4.78 is 135. The first-order valence-corrected chi connectivity index (χ1v) is 24.5. The molecular formula is C44H30N4O12PtS4+2. The Morgan fingerprint density at radius 2 is 0.523 bits per heavy atom. The van der Waals surface area contributed by atoms with Crippen molar-refractivity contribution in [1.29, 1.82) is 0 Å².